The van der Waals surface area contributed by atoms with E-state index in [0.29, 0.717) is 5.56 Å². The second-order valence-electron chi connectivity index (χ2n) is 6.37. The fourth-order valence-electron chi connectivity index (χ4n) is 1.86. The van der Waals surface area contributed by atoms with E-state index in [2.05, 4.69) is 0 Å². The van der Waals surface area contributed by atoms with Crippen molar-refractivity contribution in [2.45, 2.75) is 33.2 Å². The van der Waals surface area contributed by atoms with Crippen LogP contribution in [0.1, 0.15) is 31.1 Å². The van der Waals surface area contributed by atoms with Crippen LogP contribution in [0.2, 0.25) is 0 Å². The van der Waals surface area contributed by atoms with E-state index < -0.39 is 29.7 Å². The van der Waals surface area contributed by atoms with Crippen LogP contribution in [-0.2, 0) is 23.8 Å². The Morgan fingerprint density at radius 1 is 1.17 bits per heavy atom. The van der Waals surface area contributed by atoms with Gasteiger partial charge in [0.25, 0.3) is 0 Å². The molecule has 1 aliphatic heterocycles. The number of hydrogen-bond acceptors (Lipinski definition) is 6. The molecule has 1 aliphatic rings. The third-order valence-corrected chi connectivity index (χ3v) is 3.24. The Hall–Kier alpha value is -2.47. The lowest BCUT2D eigenvalue weighted by atomic mass is 9.97. The third-order valence-electron chi connectivity index (χ3n) is 3.24. The highest BCUT2D eigenvalue weighted by Crippen LogP contribution is 2.18. The number of hydrogen-bond donors (Lipinski definition) is 0. The van der Waals surface area contributed by atoms with Gasteiger partial charge in [0.05, 0.1) is 11.0 Å². The van der Waals surface area contributed by atoms with Gasteiger partial charge in [-0.2, -0.15) is 0 Å². The van der Waals surface area contributed by atoms with Gasteiger partial charge in [0, 0.05) is 0 Å². The lowest BCUT2D eigenvalue weighted by Gasteiger charge is -2.25. The predicted molar refractivity (Wildman–Crippen MR) is 85.1 cm³/mol. The number of rotatable bonds is 4. The maximum absolute atomic E-state index is 12.0. The number of carbonyl (C=O) groups is 3. The summed E-state index contributed by atoms with van der Waals surface area (Å²) in [6, 6.07) is 8.44. The molecule has 0 bridgehead atoms. The normalized spacial score (nSPS) is 20.5. The maximum atomic E-state index is 12.0. The lowest BCUT2D eigenvalue weighted by molar-refractivity contribution is -0.171. The molecule has 0 aliphatic carbocycles. The van der Waals surface area contributed by atoms with Crippen molar-refractivity contribution in [3.05, 3.63) is 48.0 Å². The van der Waals surface area contributed by atoms with Crippen molar-refractivity contribution in [1.82, 2.24) is 0 Å². The molecule has 1 unspecified atom stereocenters. The summed E-state index contributed by atoms with van der Waals surface area (Å²) in [5.41, 5.74) is -0.297. The van der Waals surface area contributed by atoms with Crippen LogP contribution in [0, 0.1) is 5.41 Å². The zero-order valence-electron chi connectivity index (χ0n) is 13.9. The summed E-state index contributed by atoms with van der Waals surface area (Å²) in [4.78, 5) is 35.6. The van der Waals surface area contributed by atoms with Crippen LogP contribution < -0.4 is 0 Å². The molecule has 0 saturated carbocycles. The Morgan fingerprint density at radius 2 is 1.83 bits per heavy atom. The van der Waals surface area contributed by atoms with Crippen LogP contribution in [-0.4, -0.2) is 36.7 Å². The minimum absolute atomic E-state index is 0.224. The molecule has 0 amide bonds. The molecule has 0 N–H and O–H groups in total. The van der Waals surface area contributed by atoms with Crippen molar-refractivity contribution >= 4 is 17.7 Å². The summed E-state index contributed by atoms with van der Waals surface area (Å²) in [6.07, 6.45) is 0.622. The van der Waals surface area contributed by atoms with Gasteiger partial charge < -0.3 is 14.2 Å². The lowest BCUT2D eigenvalue weighted by Crippen LogP contribution is -2.39. The van der Waals surface area contributed by atoms with Gasteiger partial charge in [0.2, 0.25) is 6.29 Å². The highest BCUT2D eigenvalue weighted by atomic mass is 16.7. The van der Waals surface area contributed by atoms with Gasteiger partial charge in [0.1, 0.15) is 6.61 Å². The van der Waals surface area contributed by atoms with Gasteiger partial charge in [0.15, 0.2) is 11.9 Å². The van der Waals surface area contributed by atoms with Crippen LogP contribution in [0.4, 0.5) is 0 Å². The average molecular weight is 332 g/mol. The molecule has 128 valence electrons. The predicted octanol–water partition coefficient (Wildman–Crippen LogP) is 2.28. The Bertz CT molecular complexity index is 641. The van der Waals surface area contributed by atoms with E-state index in [1.807, 2.05) is 0 Å². The van der Waals surface area contributed by atoms with E-state index in [-0.39, 0.29) is 12.4 Å². The highest BCUT2D eigenvalue weighted by molar-refractivity contribution is 5.95. The molecule has 2 rings (SSSR count). The second kappa shape index (κ2) is 7.40. The van der Waals surface area contributed by atoms with Gasteiger partial charge in [-0.3, -0.25) is 9.59 Å². The van der Waals surface area contributed by atoms with Gasteiger partial charge in [-0.25, -0.2) is 4.79 Å². The zero-order chi connectivity index (χ0) is 17.7. The topological polar surface area (TPSA) is 78.9 Å². The first kappa shape index (κ1) is 17.9. The van der Waals surface area contributed by atoms with Crippen LogP contribution in [0.5, 0.6) is 0 Å². The van der Waals surface area contributed by atoms with E-state index in [4.69, 9.17) is 14.2 Å². The molecule has 0 fully saturated rings. The average Bonchev–Trinajstić information content (AvgIpc) is 2.54. The quantitative estimate of drug-likeness (QED) is 0.787. The van der Waals surface area contributed by atoms with E-state index in [0.717, 1.165) is 0 Å². The number of ether oxygens (including phenoxy) is 3. The zero-order valence-corrected chi connectivity index (χ0v) is 13.9. The molecule has 24 heavy (non-hydrogen) atoms. The van der Waals surface area contributed by atoms with Gasteiger partial charge in [-0.05, 0) is 45.1 Å². The molecule has 6 heteroatoms. The molecular weight excluding hydrogens is 312 g/mol. The van der Waals surface area contributed by atoms with E-state index in [1.165, 1.54) is 12.2 Å². The Kier molecular flexibility index (Phi) is 5.51. The second-order valence-corrected chi connectivity index (χ2v) is 6.37. The van der Waals surface area contributed by atoms with Crippen LogP contribution in [0.25, 0.3) is 0 Å². The molecule has 2 atom stereocenters. The number of ketones is 1. The first-order chi connectivity index (χ1) is 11.3. The Morgan fingerprint density at radius 3 is 2.46 bits per heavy atom. The SMILES string of the molecule is CC(C)(C)C(=O)OC[C@H]1OC(OC(=O)c2ccccc2)C=CC1=O. The monoisotopic (exact) mass is 332 g/mol. The van der Waals surface area contributed by atoms with E-state index in [9.17, 15) is 14.4 Å². The Balaban J connectivity index is 1.93. The Labute approximate surface area is 140 Å². The number of benzene rings is 1. The molecule has 1 aromatic carbocycles. The van der Waals surface area contributed by atoms with Crippen LogP contribution in [0.15, 0.2) is 42.5 Å². The first-order valence-electron chi connectivity index (χ1n) is 7.58. The van der Waals surface area contributed by atoms with Crippen molar-refractivity contribution in [3.63, 3.8) is 0 Å². The summed E-state index contributed by atoms with van der Waals surface area (Å²) in [7, 11) is 0. The fourth-order valence-corrected chi connectivity index (χ4v) is 1.86. The molecular formula is C18H20O6. The molecule has 1 aromatic rings. The highest BCUT2D eigenvalue weighted by Gasteiger charge is 2.31. The van der Waals surface area contributed by atoms with Crippen molar-refractivity contribution in [3.8, 4) is 0 Å². The smallest absolute Gasteiger partial charge is 0.340 e. The number of carbonyl (C=O) groups excluding carboxylic acids is 3. The van der Waals surface area contributed by atoms with Gasteiger partial charge in [-0.15, -0.1) is 0 Å². The van der Waals surface area contributed by atoms with Crippen molar-refractivity contribution in [1.29, 1.82) is 0 Å². The van der Waals surface area contributed by atoms with E-state index in [1.54, 1.807) is 51.1 Å². The number of esters is 2. The van der Waals surface area contributed by atoms with Gasteiger partial charge in [-0.1, -0.05) is 18.2 Å². The summed E-state index contributed by atoms with van der Waals surface area (Å²) in [6.45, 7) is 4.91. The van der Waals surface area contributed by atoms with Crippen molar-refractivity contribution in [2.24, 2.45) is 5.41 Å². The summed E-state index contributed by atoms with van der Waals surface area (Å²) < 4.78 is 15.7. The molecule has 0 spiro atoms. The van der Waals surface area contributed by atoms with Crippen molar-refractivity contribution in [2.75, 3.05) is 6.61 Å². The minimum Gasteiger partial charge on any atom is -0.462 e. The van der Waals surface area contributed by atoms with E-state index >= 15 is 0 Å². The summed E-state index contributed by atoms with van der Waals surface area (Å²) in [5, 5.41) is 0. The maximum Gasteiger partial charge on any atom is 0.340 e. The fraction of sp³-hybridized carbons (Fsp3) is 0.389. The minimum atomic E-state index is -1.01. The molecule has 0 aromatic heterocycles. The summed E-state index contributed by atoms with van der Waals surface area (Å²) in [5.74, 6) is -1.35. The third kappa shape index (κ3) is 4.76. The van der Waals surface area contributed by atoms with Gasteiger partial charge >= 0.3 is 11.9 Å². The molecule has 0 saturated heterocycles. The largest absolute Gasteiger partial charge is 0.462 e. The molecule has 0 radical (unpaired) electrons. The van der Waals surface area contributed by atoms with Crippen LogP contribution in [0.3, 0.4) is 0 Å². The standard InChI is InChI=1S/C18H20O6/c1-18(2,3)17(21)22-11-14-13(19)9-10-15(23-14)24-16(20)12-7-5-4-6-8-12/h4-10,14-15H,11H2,1-3H3/t14-,15?/m1/s1. The van der Waals surface area contributed by atoms with Crippen LogP contribution >= 0.6 is 0 Å². The first-order valence-corrected chi connectivity index (χ1v) is 7.58. The molecule has 1 heterocycles. The van der Waals surface area contributed by atoms with Crippen molar-refractivity contribution < 1.29 is 28.6 Å². The molecule has 6 nitrogen and oxygen atoms in total. The summed E-state index contributed by atoms with van der Waals surface area (Å²) >= 11 is 0.